The van der Waals surface area contributed by atoms with Crippen LogP contribution >= 0.6 is 22.9 Å². The molecule has 1 spiro atoms. The molecule has 5 nitrogen and oxygen atoms in total. The fraction of sp³-hybridized carbons (Fsp3) is 0.312. The third-order valence-corrected chi connectivity index (χ3v) is 6.31. The van der Waals surface area contributed by atoms with Crippen LogP contribution in [0, 0.1) is 11.2 Å². The van der Waals surface area contributed by atoms with Gasteiger partial charge in [0.25, 0.3) is 5.91 Å². The van der Waals surface area contributed by atoms with Crippen molar-refractivity contribution in [3.8, 4) is 0 Å². The van der Waals surface area contributed by atoms with Crippen molar-refractivity contribution in [3.63, 3.8) is 0 Å². The molecule has 2 aromatic rings. The number of hydrogen-bond acceptors (Lipinski definition) is 4. The van der Waals surface area contributed by atoms with Crippen LogP contribution in [0.2, 0.25) is 5.02 Å². The molecule has 1 aromatic carbocycles. The molecule has 0 saturated carbocycles. The largest absolute Gasteiger partial charge is 0.337 e. The highest BCUT2D eigenvalue weighted by molar-refractivity contribution is 7.21. The number of halogens is 2. The summed E-state index contributed by atoms with van der Waals surface area (Å²) in [7, 11) is 0. The van der Waals surface area contributed by atoms with Crippen molar-refractivity contribution in [2.45, 2.75) is 12.8 Å². The van der Waals surface area contributed by atoms with Crippen molar-refractivity contribution in [2.24, 2.45) is 5.41 Å². The van der Waals surface area contributed by atoms with Gasteiger partial charge in [0.1, 0.15) is 10.7 Å². The molecule has 0 radical (unpaired) electrons. The molecule has 1 N–H and O–H groups in total. The van der Waals surface area contributed by atoms with Gasteiger partial charge in [-0.1, -0.05) is 17.7 Å². The van der Waals surface area contributed by atoms with Crippen LogP contribution in [0.1, 0.15) is 22.5 Å². The molecule has 1 atom stereocenters. The molecule has 2 aliphatic heterocycles. The number of hydrogen-bond donors (Lipinski definition) is 1. The van der Waals surface area contributed by atoms with E-state index in [9.17, 15) is 18.8 Å². The van der Waals surface area contributed by atoms with Gasteiger partial charge in [0.05, 0.1) is 10.4 Å². The molecule has 124 valence electrons. The Hall–Kier alpha value is -1.99. The van der Waals surface area contributed by atoms with Gasteiger partial charge in [-0.25, -0.2) is 4.39 Å². The lowest BCUT2D eigenvalue weighted by atomic mass is 9.85. The van der Waals surface area contributed by atoms with Crippen molar-refractivity contribution in [1.82, 2.24) is 10.2 Å². The zero-order valence-electron chi connectivity index (χ0n) is 12.4. The number of imide groups is 1. The highest BCUT2D eigenvalue weighted by Crippen LogP contribution is 2.41. The number of thiophene rings is 1. The van der Waals surface area contributed by atoms with E-state index >= 15 is 0 Å². The van der Waals surface area contributed by atoms with Crippen molar-refractivity contribution in [3.05, 3.63) is 33.9 Å². The Balaban J connectivity index is 1.66. The summed E-state index contributed by atoms with van der Waals surface area (Å²) in [5.74, 6) is -1.43. The topological polar surface area (TPSA) is 66.5 Å². The van der Waals surface area contributed by atoms with Gasteiger partial charge in [0, 0.05) is 29.6 Å². The summed E-state index contributed by atoms with van der Waals surface area (Å²) >= 11 is 7.36. The summed E-state index contributed by atoms with van der Waals surface area (Å²) in [6, 6.07) is 4.58. The molecular formula is C16H12ClFN2O3S. The molecule has 0 aliphatic carbocycles. The zero-order valence-corrected chi connectivity index (χ0v) is 14.0. The molecule has 2 fully saturated rings. The maximum Gasteiger partial charge on any atom is 0.265 e. The maximum atomic E-state index is 13.9. The fourth-order valence-corrected chi connectivity index (χ4v) is 4.94. The van der Waals surface area contributed by atoms with E-state index in [1.807, 2.05) is 0 Å². The van der Waals surface area contributed by atoms with Crippen LogP contribution in [0.3, 0.4) is 0 Å². The van der Waals surface area contributed by atoms with Gasteiger partial charge >= 0.3 is 0 Å². The Bertz CT molecular complexity index is 912. The fourth-order valence-electron chi connectivity index (χ4n) is 3.42. The van der Waals surface area contributed by atoms with Gasteiger partial charge < -0.3 is 4.90 Å². The first-order valence-electron chi connectivity index (χ1n) is 7.41. The Morgan fingerprint density at radius 2 is 2.17 bits per heavy atom. The highest BCUT2D eigenvalue weighted by atomic mass is 35.5. The van der Waals surface area contributed by atoms with E-state index in [-0.39, 0.29) is 46.0 Å². The summed E-state index contributed by atoms with van der Waals surface area (Å²) < 4.78 is 14.5. The van der Waals surface area contributed by atoms with Gasteiger partial charge in [-0.3, -0.25) is 19.7 Å². The third-order valence-electron chi connectivity index (χ3n) is 4.68. The number of carbonyl (C=O) groups is 3. The summed E-state index contributed by atoms with van der Waals surface area (Å²) in [6.07, 6.45) is 0.539. The average Bonchev–Trinajstić information content (AvgIpc) is 3.17. The quantitative estimate of drug-likeness (QED) is 0.789. The SMILES string of the molecule is O=C1C[C@]2(CCN(C(=O)c3sc4cccc(F)c4c3Cl)C2)C(=O)N1. The Labute approximate surface area is 145 Å². The van der Waals surface area contributed by atoms with Gasteiger partial charge in [-0.2, -0.15) is 0 Å². The second-order valence-corrected chi connectivity index (χ2v) is 7.60. The Morgan fingerprint density at radius 3 is 2.83 bits per heavy atom. The smallest absolute Gasteiger partial charge is 0.265 e. The third kappa shape index (κ3) is 2.15. The minimum atomic E-state index is -0.832. The molecule has 1 aromatic heterocycles. The lowest BCUT2D eigenvalue weighted by molar-refractivity contribution is -0.128. The van der Waals surface area contributed by atoms with Crippen LogP contribution in [0.4, 0.5) is 4.39 Å². The number of rotatable bonds is 1. The summed E-state index contributed by atoms with van der Waals surface area (Å²) in [6.45, 7) is 0.545. The minimum Gasteiger partial charge on any atom is -0.337 e. The van der Waals surface area contributed by atoms with E-state index in [4.69, 9.17) is 11.6 Å². The number of fused-ring (bicyclic) bond motifs is 1. The van der Waals surface area contributed by atoms with Crippen LogP contribution in [-0.4, -0.2) is 35.7 Å². The predicted molar refractivity (Wildman–Crippen MR) is 87.5 cm³/mol. The average molecular weight is 367 g/mol. The summed E-state index contributed by atoms with van der Waals surface area (Å²) in [5.41, 5.74) is -0.832. The predicted octanol–water partition coefficient (Wildman–Crippen LogP) is 2.57. The first kappa shape index (κ1) is 15.5. The molecular weight excluding hydrogens is 355 g/mol. The first-order chi connectivity index (χ1) is 11.4. The molecule has 4 rings (SSSR count). The second kappa shape index (κ2) is 5.26. The Morgan fingerprint density at radius 1 is 1.38 bits per heavy atom. The zero-order chi connectivity index (χ0) is 17.1. The number of carbonyl (C=O) groups excluding carboxylic acids is 3. The van der Waals surface area contributed by atoms with E-state index in [2.05, 4.69) is 5.32 Å². The van der Waals surface area contributed by atoms with Gasteiger partial charge in [0.2, 0.25) is 11.8 Å². The molecule has 0 unspecified atom stereocenters. The first-order valence-corrected chi connectivity index (χ1v) is 8.61. The number of nitrogens with one attached hydrogen (secondary N) is 1. The molecule has 2 saturated heterocycles. The number of benzene rings is 1. The van der Waals surface area contributed by atoms with Gasteiger partial charge in [0.15, 0.2) is 0 Å². The van der Waals surface area contributed by atoms with E-state index in [1.54, 1.807) is 12.1 Å². The van der Waals surface area contributed by atoms with Crippen molar-refractivity contribution in [2.75, 3.05) is 13.1 Å². The van der Waals surface area contributed by atoms with E-state index < -0.39 is 11.2 Å². The Kier molecular flexibility index (Phi) is 3.40. The van der Waals surface area contributed by atoms with E-state index in [1.165, 1.54) is 11.0 Å². The van der Waals surface area contributed by atoms with Crippen LogP contribution in [0.25, 0.3) is 10.1 Å². The van der Waals surface area contributed by atoms with Crippen molar-refractivity contribution < 1.29 is 18.8 Å². The van der Waals surface area contributed by atoms with Gasteiger partial charge in [-0.15, -0.1) is 11.3 Å². The van der Waals surface area contributed by atoms with Gasteiger partial charge in [-0.05, 0) is 18.6 Å². The molecule has 8 heteroatoms. The van der Waals surface area contributed by atoms with Crippen LogP contribution in [0.15, 0.2) is 18.2 Å². The standard InChI is InChI=1S/C16H12ClFN2O3S/c17-12-11-8(18)2-1-3-9(11)24-13(12)14(22)20-5-4-16(7-20)6-10(21)19-15(16)23/h1-3H,4-7H2,(H,19,21,23)/t16-/m0/s1. The van der Waals surface area contributed by atoms with Crippen molar-refractivity contribution >= 4 is 50.7 Å². The monoisotopic (exact) mass is 366 g/mol. The number of nitrogens with zero attached hydrogens (tertiary/aromatic N) is 1. The van der Waals surface area contributed by atoms with Crippen molar-refractivity contribution in [1.29, 1.82) is 0 Å². The highest BCUT2D eigenvalue weighted by Gasteiger charge is 2.52. The molecule has 3 amide bonds. The molecule has 3 heterocycles. The number of amides is 3. The summed E-state index contributed by atoms with van der Waals surface area (Å²) in [5, 5.41) is 2.65. The maximum absolute atomic E-state index is 13.9. The van der Waals surface area contributed by atoms with Crippen LogP contribution < -0.4 is 5.32 Å². The van der Waals surface area contributed by atoms with Crippen LogP contribution in [0.5, 0.6) is 0 Å². The number of likely N-dealkylation sites (tertiary alicyclic amines) is 1. The molecule has 2 aliphatic rings. The van der Waals surface area contributed by atoms with E-state index in [0.717, 1.165) is 11.3 Å². The summed E-state index contributed by atoms with van der Waals surface area (Å²) in [4.78, 5) is 38.1. The van der Waals surface area contributed by atoms with E-state index in [0.29, 0.717) is 17.7 Å². The molecule has 0 bridgehead atoms. The lowest BCUT2D eigenvalue weighted by Gasteiger charge is -2.20. The normalized spacial score (nSPS) is 23.5. The molecule has 24 heavy (non-hydrogen) atoms. The van der Waals surface area contributed by atoms with Crippen LogP contribution in [-0.2, 0) is 9.59 Å². The second-order valence-electron chi connectivity index (χ2n) is 6.17. The minimum absolute atomic E-state index is 0.102. The lowest BCUT2D eigenvalue weighted by Crippen LogP contribution is -2.36.